The minimum absolute atomic E-state index is 0.147. The molecular weight excluding hydrogens is 362 g/mol. The van der Waals surface area contributed by atoms with Gasteiger partial charge >= 0.3 is 5.97 Å². The van der Waals surface area contributed by atoms with Gasteiger partial charge in [-0.25, -0.2) is 26.3 Å². The lowest BCUT2D eigenvalue weighted by molar-refractivity contribution is -0.384. The molecule has 0 heterocycles. The maximum absolute atomic E-state index is 14.2. The van der Waals surface area contributed by atoms with Gasteiger partial charge in [-0.1, -0.05) is 0 Å². The van der Waals surface area contributed by atoms with Crippen molar-refractivity contribution in [2.75, 3.05) is 11.4 Å². The molecule has 0 aliphatic heterocycles. The van der Waals surface area contributed by atoms with E-state index in [1.807, 2.05) is 0 Å². The number of carbonyl (C=O) groups is 1. The molecule has 0 atom stereocenters. The Hall–Kier alpha value is -3.08. The van der Waals surface area contributed by atoms with Gasteiger partial charge in [0.25, 0.3) is 5.69 Å². The van der Waals surface area contributed by atoms with Crippen molar-refractivity contribution in [2.24, 2.45) is 0 Å². The molecule has 0 amide bonds. The zero-order valence-corrected chi connectivity index (χ0v) is 13.4. The number of hydrogen-bond donors (Lipinski definition) is 1. The summed E-state index contributed by atoms with van der Waals surface area (Å²) in [5, 5.41) is 10.6. The van der Waals surface area contributed by atoms with E-state index in [0.717, 1.165) is 31.4 Å². The summed E-state index contributed by atoms with van der Waals surface area (Å²) in [6.07, 6.45) is 0. The molecule has 0 bridgehead atoms. The van der Waals surface area contributed by atoms with Crippen molar-refractivity contribution in [2.45, 2.75) is 0 Å². The molecule has 0 saturated carbocycles. The van der Waals surface area contributed by atoms with Crippen molar-refractivity contribution < 1.29 is 31.7 Å². The van der Waals surface area contributed by atoms with E-state index in [1.165, 1.54) is 0 Å². The monoisotopic (exact) mass is 372 g/mol. The van der Waals surface area contributed by atoms with Gasteiger partial charge < -0.3 is 4.74 Å². The minimum Gasteiger partial charge on any atom is -0.465 e. The summed E-state index contributed by atoms with van der Waals surface area (Å²) < 4.78 is 56.0. The van der Waals surface area contributed by atoms with E-state index in [1.54, 1.807) is 0 Å². The van der Waals surface area contributed by atoms with Crippen LogP contribution in [0, 0.1) is 21.7 Å². The lowest BCUT2D eigenvalue weighted by Crippen LogP contribution is -2.17. The van der Waals surface area contributed by atoms with E-state index in [-0.39, 0.29) is 11.4 Å². The Balaban J connectivity index is 2.56. The Labute approximate surface area is 141 Å². The predicted octanol–water partition coefficient (Wildman–Crippen LogP) is 2.32. The maximum atomic E-state index is 14.2. The van der Waals surface area contributed by atoms with Gasteiger partial charge in [0.05, 0.1) is 29.0 Å². The van der Waals surface area contributed by atoms with Gasteiger partial charge in [-0.2, -0.15) is 0 Å². The summed E-state index contributed by atoms with van der Waals surface area (Å²) in [7, 11) is -2.48. The van der Waals surface area contributed by atoms with Gasteiger partial charge in [-0.3, -0.25) is 10.1 Å². The largest absolute Gasteiger partial charge is 0.465 e. The third-order valence-corrected chi connectivity index (χ3v) is 3.91. The number of methoxy groups -OCH3 is 1. The first-order chi connectivity index (χ1) is 11.8. The van der Waals surface area contributed by atoms with Crippen LogP contribution in [0.15, 0.2) is 36.4 Å². The quantitative estimate of drug-likeness (QED) is 0.374. The molecule has 0 unspecified atom stereocenters. The van der Waals surface area contributed by atoms with E-state index in [9.17, 15) is 32.1 Å². The first-order valence-corrected chi connectivity index (χ1v) is 7.65. The second kappa shape index (κ2) is 7.21. The Kier molecular flexibility index (Phi) is 5.27. The molecule has 0 N–H and O–H groups in total. The number of rotatable bonds is 5. The molecule has 0 saturated heterocycles. The molecule has 2 aromatic carbocycles. The van der Waals surface area contributed by atoms with Gasteiger partial charge in [-0.05, 0) is 18.2 Å². The number of non-ortho nitro benzene ring substituents is 1. The molecule has 25 heavy (non-hydrogen) atoms. The summed E-state index contributed by atoms with van der Waals surface area (Å²) in [6, 6.07) is 5.18. The lowest BCUT2D eigenvalue weighted by Gasteiger charge is -2.19. The number of esters is 1. The molecule has 0 radical (unpaired) electrons. The van der Waals surface area contributed by atoms with E-state index in [0.29, 0.717) is 16.4 Å². The van der Waals surface area contributed by atoms with Crippen LogP contribution in [0.5, 0.6) is 0 Å². The van der Waals surface area contributed by atoms with Crippen molar-refractivity contribution in [3.8, 4) is 0 Å². The van der Waals surface area contributed by atoms with E-state index < -0.39 is 44.7 Å². The predicted molar refractivity (Wildman–Crippen MR) is 83.2 cm³/mol. The van der Waals surface area contributed by atoms with Gasteiger partial charge in [0.15, 0.2) is 0 Å². The fraction of sp³-hybridized carbons (Fsp3) is 0.0714. The van der Waals surface area contributed by atoms with Gasteiger partial charge in [0, 0.05) is 18.2 Å². The van der Waals surface area contributed by atoms with Crippen LogP contribution in [0.25, 0.3) is 0 Å². The number of carbonyl (C=O) groups excluding carboxylic acids is 1. The number of hydrogen-bond acceptors (Lipinski definition) is 6. The maximum Gasteiger partial charge on any atom is 0.340 e. The van der Waals surface area contributed by atoms with Crippen molar-refractivity contribution >= 4 is 33.9 Å². The summed E-state index contributed by atoms with van der Waals surface area (Å²) in [4.78, 5) is 21.3. The van der Waals surface area contributed by atoms with Crippen LogP contribution in [0.2, 0.25) is 0 Å². The fourth-order valence-corrected chi connectivity index (χ4v) is 2.65. The summed E-state index contributed by atoms with van der Waals surface area (Å²) in [5.41, 5.74) is -1.84. The SMILES string of the molecule is COC(=O)c1cc(F)c(N(c2ccc([N+](=O)[O-])cc2)[SH](=O)=O)cc1F. The normalized spacial score (nSPS) is 10.6. The fourth-order valence-electron chi connectivity index (χ4n) is 2.00. The van der Waals surface area contributed by atoms with Crippen LogP contribution in [0.4, 0.5) is 25.8 Å². The van der Waals surface area contributed by atoms with Crippen LogP contribution in [-0.2, 0) is 15.6 Å². The Morgan fingerprint density at radius 2 is 1.76 bits per heavy atom. The van der Waals surface area contributed by atoms with Crippen LogP contribution >= 0.6 is 0 Å². The zero-order chi connectivity index (χ0) is 18.7. The Bertz CT molecular complexity index is 906. The van der Waals surface area contributed by atoms with Crippen molar-refractivity contribution in [1.29, 1.82) is 0 Å². The molecule has 0 aliphatic carbocycles. The minimum atomic E-state index is -3.46. The summed E-state index contributed by atoms with van der Waals surface area (Å²) >= 11 is 0. The second-order valence-electron chi connectivity index (χ2n) is 4.60. The summed E-state index contributed by atoms with van der Waals surface area (Å²) in [5.74, 6) is -3.51. The van der Waals surface area contributed by atoms with Crippen LogP contribution < -0.4 is 4.31 Å². The number of nitro benzene ring substituents is 1. The van der Waals surface area contributed by atoms with Crippen LogP contribution in [0.1, 0.15) is 10.4 Å². The van der Waals surface area contributed by atoms with E-state index >= 15 is 0 Å². The topological polar surface area (TPSA) is 107 Å². The lowest BCUT2D eigenvalue weighted by atomic mass is 10.1. The number of thiol groups is 1. The molecule has 2 aromatic rings. The van der Waals surface area contributed by atoms with Gasteiger partial charge in [-0.15, -0.1) is 0 Å². The number of ether oxygens (including phenoxy) is 1. The van der Waals surface area contributed by atoms with Crippen LogP contribution in [0.3, 0.4) is 0 Å². The molecule has 8 nitrogen and oxygen atoms in total. The number of anilines is 2. The molecule has 0 fully saturated rings. The Morgan fingerprint density at radius 1 is 1.16 bits per heavy atom. The Morgan fingerprint density at radius 3 is 2.24 bits per heavy atom. The molecule has 0 aromatic heterocycles. The highest BCUT2D eigenvalue weighted by molar-refractivity contribution is 7.74. The highest BCUT2D eigenvalue weighted by atomic mass is 32.2. The van der Waals surface area contributed by atoms with Crippen molar-refractivity contribution in [3.05, 3.63) is 63.7 Å². The smallest absolute Gasteiger partial charge is 0.340 e. The number of nitrogens with zero attached hydrogens (tertiary/aromatic N) is 2. The van der Waals surface area contributed by atoms with Gasteiger partial charge in [0.2, 0.25) is 10.9 Å². The number of halogens is 2. The third kappa shape index (κ3) is 3.71. The molecule has 2 rings (SSSR count). The van der Waals surface area contributed by atoms with Crippen LogP contribution in [-0.4, -0.2) is 26.4 Å². The highest BCUT2D eigenvalue weighted by Gasteiger charge is 2.22. The second-order valence-corrected chi connectivity index (χ2v) is 5.47. The number of benzene rings is 2. The number of nitro groups is 1. The first kappa shape index (κ1) is 18.3. The molecule has 0 aliphatic rings. The average molecular weight is 372 g/mol. The molecule has 132 valence electrons. The highest BCUT2D eigenvalue weighted by Crippen LogP contribution is 2.31. The molecule has 0 spiro atoms. The van der Waals surface area contributed by atoms with Gasteiger partial charge in [0.1, 0.15) is 11.6 Å². The van der Waals surface area contributed by atoms with Crippen molar-refractivity contribution in [3.63, 3.8) is 0 Å². The molecule has 11 heteroatoms. The van der Waals surface area contributed by atoms with E-state index in [2.05, 4.69) is 4.74 Å². The van der Waals surface area contributed by atoms with E-state index in [4.69, 9.17) is 0 Å². The van der Waals surface area contributed by atoms with Crippen molar-refractivity contribution in [1.82, 2.24) is 0 Å². The average Bonchev–Trinajstić information content (AvgIpc) is 2.57. The summed E-state index contributed by atoms with van der Waals surface area (Å²) in [6.45, 7) is 0. The standard InChI is InChI=1S/C14H10F2N2O6S/c1-24-14(19)10-6-12(16)13(7-11(10)15)17(25(22)23)8-2-4-9(5-3-8)18(20)21/h2-7,25H,1H3. The zero-order valence-electron chi connectivity index (χ0n) is 12.5. The first-order valence-electron chi connectivity index (χ1n) is 6.52. The third-order valence-electron chi connectivity index (χ3n) is 3.14. The molecular formula is C14H10F2N2O6S.